The molecule has 0 aliphatic heterocycles. The highest BCUT2D eigenvalue weighted by molar-refractivity contribution is 9.10. The molecule has 1 atom stereocenters. The molecule has 0 heterocycles. The minimum Gasteiger partial charge on any atom is -0.479 e. The van der Waals surface area contributed by atoms with Crippen molar-refractivity contribution in [2.24, 2.45) is 0 Å². The van der Waals surface area contributed by atoms with Gasteiger partial charge in [-0.05, 0) is 17.5 Å². The second-order valence-corrected chi connectivity index (χ2v) is 5.18. The van der Waals surface area contributed by atoms with Crippen molar-refractivity contribution < 1.29 is 19.8 Å². The lowest BCUT2D eigenvalue weighted by atomic mass is 10.1. The Kier molecular flexibility index (Phi) is 4.77. The van der Waals surface area contributed by atoms with Gasteiger partial charge in [-0.25, -0.2) is 9.59 Å². The molecule has 0 fully saturated rings. The first-order valence-electron chi connectivity index (χ1n) is 6.12. The second kappa shape index (κ2) is 6.55. The van der Waals surface area contributed by atoms with E-state index in [9.17, 15) is 9.59 Å². The molecule has 2 aromatic rings. The van der Waals surface area contributed by atoms with Crippen molar-refractivity contribution in [3.63, 3.8) is 0 Å². The van der Waals surface area contributed by atoms with Gasteiger partial charge in [-0.2, -0.15) is 0 Å². The number of nitrogens with one attached hydrogen (secondary N) is 2. The molecule has 0 spiro atoms. The second-order valence-electron chi connectivity index (χ2n) is 4.33. The van der Waals surface area contributed by atoms with Gasteiger partial charge in [0.2, 0.25) is 0 Å². The van der Waals surface area contributed by atoms with Gasteiger partial charge in [-0.3, -0.25) is 0 Å². The number of aliphatic hydroxyl groups is 1. The molecular weight excluding hydrogens is 340 g/mol. The summed E-state index contributed by atoms with van der Waals surface area (Å²) in [6, 6.07) is 10.5. The molecule has 7 heteroatoms. The monoisotopic (exact) mass is 352 g/mol. The van der Waals surface area contributed by atoms with Gasteiger partial charge in [0.15, 0.2) is 6.10 Å². The summed E-state index contributed by atoms with van der Waals surface area (Å²) in [6.07, 6.45) is -1.63. The molecule has 4 N–H and O–H groups in total. The number of halogens is 1. The van der Waals surface area contributed by atoms with Crippen LogP contribution in [-0.2, 0) is 4.79 Å². The Morgan fingerprint density at radius 1 is 1.14 bits per heavy atom. The topological polar surface area (TPSA) is 98.7 Å². The van der Waals surface area contributed by atoms with E-state index in [1.165, 1.54) is 0 Å². The number of amides is 2. The minimum absolute atomic E-state index is 0.365. The van der Waals surface area contributed by atoms with Crippen molar-refractivity contribution in [2.75, 3.05) is 11.9 Å². The van der Waals surface area contributed by atoms with Crippen LogP contribution in [0.2, 0.25) is 0 Å². The van der Waals surface area contributed by atoms with Crippen molar-refractivity contribution in [1.29, 1.82) is 0 Å². The fraction of sp³-hybridized carbons (Fsp3) is 0.143. The molecule has 0 saturated carbocycles. The van der Waals surface area contributed by atoms with E-state index < -0.39 is 18.1 Å². The number of aliphatic carboxylic acids is 1. The van der Waals surface area contributed by atoms with Crippen molar-refractivity contribution in [2.45, 2.75) is 6.10 Å². The highest BCUT2D eigenvalue weighted by Crippen LogP contribution is 2.29. The summed E-state index contributed by atoms with van der Waals surface area (Å²) in [4.78, 5) is 22.2. The molecule has 0 aromatic heterocycles. The predicted molar refractivity (Wildman–Crippen MR) is 82.3 cm³/mol. The van der Waals surface area contributed by atoms with Crippen LogP contribution in [0, 0.1) is 0 Å². The van der Waals surface area contributed by atoms with E-state index >= 15 is 0 Å². The van der Waals surface area contributed by atoms with E-state index in [0.29, 0.717) is 5.69 Å². The Morgan fingerprint density at radius 3 is 2.48 bits per heavy atom. The third-order valence-electron chi connectivity index (χ3n) is 2.86. The Morgan fingerprint density at radius 2 is 1.81 bits per heavy atom. The Hall–Kier alpha value is -2.12. The van der Waals surface area contributed by atoms with Crippen LogP contribution in [0.4, 0.5) is 10.5 Å². The van der Waals surface area contributed by atoms with E-state index in [-0.39, 0.29) is 6.54 Å². The summed E-state index contributed by atoms with van der Waals surface area (Å²) in [6.45, 7) is -0.365. The maximum atomic E-state index is 11.7. The number of carbonyl (C=O) groups excluding carboxylic acids is 1. The number of hydrogen-bond donors (Lipinski definition) is 4. The summed E-state index contributed by atoms with van der Waals surface area (Å²) >= 11 is 3.44. The number of carbonyl (C=O) groups is 2. The number of hydrogen-bond acceptors (Lipinski definition) is 3. The quantitative estimate of drug-likeness (QED) is 0.677. The maximum absolute atomic E-state index is 11.7. The number of urea groups is 1. The van der Waals surface area contributed by atoms with Crippen LogP contribution in [0.5, 0.6) is 0 Å². The van der Waals surface area contributed by atoms with Gasteiger partial charge in [-0.1, -0.05) is 40.2 Å². The zero-order valence-corrected chi connectivity index (χ0v) is 12.4. The van der Waals surface area contributed by atoms with Crippen molar-refractivity contribution in [3.8, 4) is 0 Å². The van der Waals surface area contributed by atoms with Crippen LogP contribution < -0.4 is 10.6 Å². The van der Waals surface area contributed by atoms with Crippen molar-refractivity contribution >= 4 is 44.4 Å². The first kappa shape index (κ1) is 15.3. The van der Waals surface area contributed by atoms with Crippen LogP contribution >= 0.6 is 15.9 Å². The van der Waals surface area contributed by atoms with E-state index in [1.807, 2.05) is 30.3 Å². The van der Waals surface area contributed by atoms with Gasteiger partial charge in [-0.15, -0.1) is 0 Å². The highest BCUT2D eigenvalue weighted by Gasteiger charge is 2.14. The molecule has 2 amide bonds. The lowest BCUT2D eigenvalue weighted by Gasteiger charge is -2.12. The van der Waals surface area contributed by atoms with Gasteiger partial charge in [0, 0.05) is 9.86 Å². The first-order valence-corrected chi connectivity index (χ1v) is 6.91. The SMILES string of the molecule is O=C(NCC(O)C(=O)O)Nc1ccc(Br)c2ccccc12. The summed E-state index contributed by atoms with van der Waals surface area (Å²) in [5, 5.41) is 24.4. The van der Waals surface area contributed by atoms with Crippen LogP contribution in [0.25, 0.3) is 10.8 Å². The smallest absolute Gasteiger partial charge is 0.334 e. The molecule has 0 radical (unpaired) electrons. The van der Waals surface area contributed by atoms with Crippen molar-refractivity contribution in [1.82, 2.24) is 5.32 Å². The lowest BCUT2D eigenvalue weighted by molar-refractivity contribution is -0.146. The van der Waals surface area contributed by atoms with E-state index in [4.69, 9.17) is 10.2 Å². The number of aliphatic hydroxyl groups excluding tert-OH is 1. The van der Waals surface area contributed by atoms with Crippen LogP contribution in [-0.4, -0.2) is 34.9 Å². The first-order chi connectivity index (χ1) is 9.99. The molecule has 0 bridgehead atoms. The molecule has 6 nitrogen and oxygen atoms in total. The van der Waals surface area contributed by atoms with Gasteiger partial charge < -0.3 is 20.8 Å². The van der Waals surface area contributed by atoms with Crippen molar-refractivity contribution in [3.05, 3.63) is 40.9 Å². The Balaban J connectivity index is 2.11. The number of fused-ring (bicyclic) bond motifs is 1. The summed E-state index contributed by atoms with van der Waals surface area (Å²) in [5.41, 5.74) is 0.594. The maximum Gasteiger partial charge on any atom is 0.334 e. The number of rotatable bonds is 4. The average molecular weight is 353 g/mol. The molecule has 110 valence electrons. The highest BCUT2D eigenvalue weighted by atomic mass is 79.9. The third kappa shape index (κ3) is 3.71. The van der Waals surface area contributed by atoms with Crippen LogP contribution in [0.3, 0.4) is 0 Å². The van der Waals surface area contributed by atoms with Gasteiger partial charge in [0.25, 0.3) is 0 Å². The van der Waals surface area contributed by atoms with Gasteiger partial charge in [0.05, 0.1) is 12.2 Å². The number of benzene rings is 2. The molecule has 2 rings (SSSR count). The Labute approximate surface area is 128 Å². The average Bonchev–Trinajstić information content (AvgIpc) is 2.48. The van der Waals surface area contributed by atoms with E-state index in [0.717, 1.165) is 15.2 Å². The molecule has 0 aliphatic rings. The number of anilines is 1. The molecule has 1 unspecified atom stereocenters. The fourth-order valence-corrected chi connectivity index (χ4v) is 2.29. The standard InChI is InChI=1S/C14H13BrN2O4/c15-10-5-6-11(9-4-2-1-3-8(9)10)17-14(21)16-7-12(18)13(19)20/h1-6,12,18H,7H2,(H,19,20)(H2,16,17,21). The molecule has 21 heavy (non-hydrogen) atoms. The van der Waals surface area contributed by atoms with Crippen LogP contribution in [0.1, 0.15) is 0 Å². The van der Waals surface area contributed by atoms with Gasteiger partial charge in [0.1, 0.15) is 0 Å². The third-order valence-corrected chi connectivity index (χ3v) is 3.55. The summed E-state index contributed by atoms with van der Waals surface area (Å²) in [5.74, 6) is -1.38. The van der Waals surface area contributed by atoms with Gasteiger partial charge >= 0.3 is 12.0 Å². The Bertz CT molecular complexity index is 690. The van der Waals surface area contributed by atoms with E-state index in [1.54, 1.807) is 6.07 Å². The molecule has 2 aromatic carbocycles. The molecule has 0 aliphatic carbocycles. The number of carboxylic acid groups (broad SMARTS) is 1. The zero-order chi connectivity index (χ0) is 15.4. The zero-order valence-electron chi connectivity index (χ0n) is 10.8. The van der Waals surface area contributed by atoms with E-state index in [2.05, 4.69) is 26.6 Å². The largest absolute Gasteiger partial charge is 0.479 e. The van der Waals surface area contributed by atoms with Crippen LogP contribution in [0.15, 0.2) is 40.9 Å². The molecule has 0 saturated heterocycles. The predicted octanol–water partition coefficient (Wildman–Crippen LogP) is 2.17. The summed E-state index contributed by atoms with van der Waals surface area (Å²) in [7, 11) is 0. The normalized spacial score (nSPS) is 11.9. The summed E-state index contributed by atoms with van der Waals surface area (Å²) < 4.78 is 0.908. The fourth-order valence-electron chi connectivity index (χ4n) is 1.81. The number of carboxylic acids is 1. The lowest BCUT2D eigenvalue weighted by Crippen LogP contribution is -2.38. The molecular formula is C14H13BrN2O4. The minimum atomic E-state index is -1.63.